The van der Waals surface area contributed by atoms with E-state index >= 15 is 0 Å². The molecule has 23 heavy (non-hydrogen) atoms. The average molecular weight is 318 g/mol. The molecule has 0 fully saturated rings. The zero-order chi connectivity index (χ0) is 16.7. The van der Waals surface area contributed by atoms with Crippen LogP contribution in [0.25, 0.3) is 11.6 Å². The summed E-state index contributed by atoms with van der Waals surface area (Å²) < 4.78 is 10.8. The molecule has 0 spiro atoms. The van der Waals surface area contributed by atoms with Gasteiger partial charge in [-0.25, -0.2) is 9.97 Å². The maximum atomic E-state index is 11.6. The fourth-order valence-electron chi connectivity index (χ4n) is 1.94. The van der Waals surface area contributed by atoms with Crippen LogP contribution in [0.15, 0.2) is 35.2 Å². The Bertz CT molecular complexity index is 596. The molecule has 7 heteroatoms. The van der Waals surface area contributed by atoms with Gasteiger partial charge in [0.1, 0.15) is 6.61 Å². The van der Waals surface area contributed by atoms with Crippen molar-refractivity contribution >= 4 is 5.91 Å². The highest BCUT2D eigenvalue weighted by atomic mass is 16.5. The minimum atomic E-state index is 0.0415. The van der Waals surface area contributed by atoms with E-state index in [9.17, 15) is 4.79 Å². The van der Waals surface area contributed by atoms with E-state index in [4.69, 9.17) is 9.15 Å². The van der Waals surface area contributed by atoms with E-state index in [1.54, 1.807) is 42.6 Å². The Balaban J connectivity index is 1.81. The van der Waals surface area contributed by atoms with Crippen LogP contribution in [0.4, 0.5) is 0 Å². The number of amides is 1. The lowest BCUT2D eigenvalue weighted by Gasteiger charge is -2.22. The quantitative estimate of drug-likeness (QED) is 0.735. The lowest BCUT2D eigenvalue weighted by atomic mass is 10.4. The van der Waals surface area contributed by atoms with E-state index in [2.05, 4.69) is 9.97 Å². The molecule has 0 bridgehead atoms. The van der Waals surface area contributed by atoms with E-state index in [0.29, 0.717) is 37.0 Å². The van der Waals surface area contributed by atoms with Crippen molar-refractivity contribution in [2.75, 3.05) is 40.3 Å². The largest absolute Gasteiger partial charge is 0.489 e. The lowest BCUT2D eigenvalue weighted by Crippen LogP contribution is -2.37. The first-order chi connectivity index (χ1) is 11.1. The van der Waals surface area contributed by atoms with Crippen molar-refractivity contribution in [2.24, 2.45) is 0 Å². The normalized spacial score (nSPS) is 10.8. The molecule has 0 unspecified atom stereocenters. The van der Waals surface area contributed by atoms with Crippen LogP contribution in [0.2, 0.25) is 0 Å². The van der Waals surface area contributed by atoms with Crippen LogP contribution in [0.5, 0.6) is 5.75 Å². The summed E-state index contributed by atoms with van der Waals surface area (Å²) in [6.07, 6.45) is 4.78. The highest BCUT2D eigenvalue weighted by molar-refractivity contribution is 5.73. The smallest absolute Gasteiger partial charge is 0.219 e. The molecule has 0 N–H and O–H groups in total. The maximum Gasteiger partial charge on any atom is 0.219 e. The number of rotatable bonds is 8. The molecule has 0 radical (unpaired) electrons. The number of carbonyl (C=O) groups is 1. The third kappa shape index (κ3) is 5.37. The molecule has 7 nitrogen and oxygen atoms in total. The van der Waals surface area contributed by atoms with Crippen molar-refractivity contribution in [1.29, 1.82) is 0 Å². The van der Waals surface area contributed by atoms with Gasteiger partial charge < -0.3 is 19.0 Å². The third-order valence-electron chi connectivity index (χ3n) is 3.26. The molecule has 0 aliphatic carbocycles. The average Bonchev–Trinajstić information content (AvgIpc) is 3.05. The second kappa shape index (κ2) is 8.28. The molecule has 2 rings (SSSR count). The van der Waals surface area contributed by atoms with E-state index in [1.165, 1.54) is 0 Å². The van der Waals surface area contributed by atoms with Gasteiger partial charge in [0, 0.05) is 20.0 Å². The summed E-state index contributed by atoms with van der Waals surface area (Å²) in [4.78, 5) is 23.8. The minimum absolute atomic E-state index is 0.0415. The van der Waals surface area contributed by atoms with Gasteiger partial charge in [-0.2, -0.15) is 0 Å². The molecule has 1 amide bonds. The predicted octanol–water partition coefficient (Wildman–Crippen LogP) is 1.53. The SMILES string of the molecule is CC(=O)N(CCOc1cnc(-c2ccco2)nc1)CCN(C)C. The van der Waals surface area contributed by atoms with Gasteiger partial charge in [-0.15, -0.1) is 0 Å². The lowest BCUT2D eigenvalue weighted by molar-refractivity contribution is -0.129. The number of furan rings is 1. The van der Waals surface area contributed by atoms with Crippen molar-refractivity contribution in [2.45, 2.75) is 6.92 Å². The maximum absolute atomic E-state index is 11.6. The standard InChI is InChI=1S/C16H22N4O3/c1-13(21)20(7-6-19(2)3)8-10-22-14-11-17-16(18-12-14)15-5-4-9-23-15/h4-5,9,11-12H,6-8,10H2,1-3H3. The van der Waals surface area contributed by atoms with Crippen LogP contribution in [-0.2, 0) is 4.79 Å². The van der Waals surface area contributed by atoms with Crippen molar-refractivity contribution in [3.63, 3.8) is 0 Å². The monoisotopic (exact) mass is 318 g/mol. The third-order valence-corrected chi connectivity index (χ3v) is 3.26. The van der Waals surface area contributed by atoms with Gasteiger partial charge in [0.2, 0.25) is 5.91 Å². The summed E-state index contributed by atoms with van der Waals surface area (Å²) in [7, 11) is 3.96. The highest BCUT2D eigenvalue weighted by Gasteiger charge is 2.09. The first kappa shape index (κ1) is 17.0. The van der Waals surface area contributed by atoms with E-state index in [0.717, 1.165) is 6.54 Å². The molecular weight excluding hydrogens is 296 g/mol. The number of aromatic nitrogens is 2. The van der Waals surface area contributed by atoms with Crippen molar-refractivity contribution < 1.29 is 13.9 Å². The number of nitrogens with zero attached hydrogens (tertiary/aromatic N) is 4. The Labute approximate surface area is 135 Å². The summed E-state index contributed by atoms with van der Waals surface area (Å²) >= 11 is 0. The van der Waals surface area contributed by atoms with E-state index in [-0.39, 0.29) is 5.91 Å². The summed E-state index contributed by atoms with van der Waals surface area (Å²) in [5.74, 6) is 1.73. The molecule has 0 saturated carbocycles. The minimum Gasteiger partial charge on any atom is -0.489 e. The summed E-state index contributed by atoms with van der Waals surface area (Å²) in [5, 5.41) is 0. The van der Waals surface area contributed by atoms with Crippen LogP contribution in [0.1, 0.15) is 6.92 Å². The summed E-state index contributed by atoms with van der Waals surface area (Å²) in [5.41, 5.74) is 0. The van der Waals surface area contributed by atoms with Gasteiger partial charge in [-0.1, -0.05) is 0 Å². The number of carbonyl (C=O) groups excluding carboxylic acids is 1. The molecule has 0 aromatic carbocycles. The second-order valence-electron chi connectivity index (χ2n) is 5.38. The second-order valence-corrected chi connectivity index (χ2v) is 5.38. The van der Waals surface area contributed by atoms with Crippen LogP contribution in [0.3, 0.4) is 0 Å². The number of hydrogen-bond donors (Lipinski definition) is 0. The first-order valence-corrected chi connectivity index (χ1v) is 7.45. The zero-order valence-corrected chi connectivity index (χ0v) is 13.7. The Hall–Kier alpha value is -2.41. The highest BCUT2D eigenvalue weighted by Crippen LogP contribution is 2.16. The van der Waals surface area contributed by atoms with Crippen LogP contribution >= 0.6 is 0 Å². The molecule has 2 aromatic heterocycles. The van der Waals surface area contributed by atoms with Gasteiger partial charge in [-0.05, 0) is 26.2 Å². The molecule has 2 aromatic rings. The summed E-state index contributed by atoms with van der Waals surface area (Å²) in [6, 6.07) is 3.58. The van der Waals surface area contributed by atoms with Crippen molar-refractivity contribution in [3.05, 3.63) is 30.8 Å². The summed E-state index contributed by atoms with van der Waals surface area (Å²) in [6.45, 7) is 4.00. The molecule has 2 heterocycles. The molecule has 0 aliphatic rings. The molecule has 0 atom stereocenters. The van der Waals surface area contributed by atoms with Crippen LogP contribution in [0, 0.1) is 0 Å². The van der Waals surface area contributed by atoms with Crippen LogP contribution in [-0.4, -0.2) is 66.0 Å². The molecule has 124 valence electrons. The topological polar surface area (TPSA) is 71.7 Å². The van der Waals surface area contributed by atoms with Gasteiger partial charge in [-0.3, -0.25) is 4.79 Å². The van der Waals surface area contributed by atoms with E-state index in [1.807, 2.05) is 19.0 Å². The predicted molar refractivity (Wildman–Crippen MR) is 86.0 cm³/mol. The Morgan fingerprint density at radius 3 is 2.52 bits per heavy atom. The number of hydrogen-bond acceptors (Lipinski definition) is 6. The Morgan fingerprint density at radius 1 is 1.22 bits per heavy atom. The fraction of sp³-hybridized carbons (Fsp3) is 0.438. The number of ether oxygens (including phenoxy) is 1. The molecule has 0 aliphatic heterocycles. The first-order valence-electron chi connectivity index (χ1n) is 7.45. The Kier molecular flexibility index (Phi) is 6.10. The van der Waals surface area contributed by atoms with Gasteiger partial charge >= 0.3 is 0 Å². The van der Waals surface area contributed by atoms with Gasteiger partial charge in [0.05, 0.1) is 25.2 Å². The van der Waals surface area contributed by atoms with E-state index < -0.39 is 0 Å². The Morgan fingerprint density at radius 2 is 1.96 bits per heavy atom. The fourth-order valence-corrected chi connectivity index (χ4v) is 1.94. The van der Waals surface area contributed by atoms with Crippen molar-refractivity contribution in [1.82, 2.24) is 19.8 Å². The molecule has 0 saturated heterocycles. The van der Waals surface area contributed by atoms with Gasteiger partial charge in [0.25, 0.3) is 0 Å². The zero-order valence-electron chi connectivity index (χ0n) is 13.7. The van der Waals surface area contributed by atoms with Gasteiger partial charge in [0.15, 0.2) is 17.3 Å². The number of likely N-dealkylation sites (N-methyl/N-ethyl adjacent to an activating group) is 1. The molecular formula is C16H22N4O3. The van der Waals surface area contributed by atoms with Crippen molar-refractivity contribution in [3.8, 4) is 17.3 Å². The van der Waals surface area contributed by atoms with Crippen LogP contribution < -0.4 is 4.74 Å².